The minimum absolute atomic E-state index is 0.00136. The van der Waals surface area contributed by atoms with E-state index in [1.54, 1.807) is 42.5 Å². The van der Waals surface area contributed by atoms with E-state index < -0.39 is 11.9 Å². The van der Waals surface area contributed by atoms with Crippen LogP contribution in [-0.4, -0.2) is 12.6 Å². The minimum Gasteiger partial charge on any atom is -0.493 e. The van der Waals surface area contributed by atoms with Gasteiger partial charge in [-0.1, -0.05) is 55.8 Å². The molecule has 0 saturated carbocycles. The van der Waals surface area contributed by atoms with Crippen molar-refractivity contribution in [1.29, 1.82) is 5.26 Å². The largest absolute Gasteiger partial charge is 0.493 e. The Morgan fingerprint density at radius 3 is 2.24 bits per heavy atom. The van der Waals surface area contributed by atoms with Gasteiger partial charge in [-0.15, -0.1) is 0 Å². The summed E-state index contributed by atoms with van der Waals surface area (Å²) in [6.07, 6.45) is 0. The smallest absolute Gasteiger partial charge is 0.343 e. The van der Waals surface area contributed by atoms with Gasteiger partial charge >= 0.3 is 5.97 Å². The molecular formula is C34H29ClN2O5. The number of rotatable bonds is 9. The molecule has 1 heterocycles. The molecule has 0 aliphatic carbocycles. The highest BCUT2D eigenvalue weighted by Gasteiger charge is 2.31. The molecule has 5 rings (SSSR count). The van der Waals surface area contributed by atoms with E-state index in [1.165, 1.54) is 0 Å². The molecule has 0 radical (unpaired) electrons. The number of hydrogen-bond donors (Lipinski definition) is 1. The zero-order valence-corrected chi connectivity index (χ0v) is 23.9. The second-order valence-corrected chi connectivity index (χ2v) is 10.7. The summed E-state index contributed by atoms with van der Waals surface area (Å²) >= 11 is 5.96. The molecule has 4 aromatic carbocycles. The predicted molar refractivity (Wildman–Crippen MR) is 160 cm³/mol. The number of benzene rings is 4. The lowest BCUT2D eigenvalue weighted by molar-refractivity contribution is 0.0734. The molecule has 2 N–H and O–H groups in total. The van der Waals surface area contributed by atoms with Crippen LogP contribution in [0.1, 0.15) is 46.8 Å². The van der Waals surface area contributed by atoms with E-state index >= 15 is 0 Å². The van der Waals surface area contributed by atoms with Crippen molar-refractivity contribution in [2.75, 3.05) is 6.61 Å². The van der Waals surface area contributed by atoms with Crippen molar-refractivity contribution < 1.29 is 23.7 Å². The van der Waals surface area contributed by atoms with E-state index in [4.69, 9.17) is 36.3 Å². The summed E-state index contributed by atoms with van der Waals surface area (Å²) in [4.78, 5) is 12.8. The fourth-order valence-electron chi connectivity index (χ4n) is 4.46. The third kappa shape index (κ3) is 6.68. The summed E-state index contributed by atoms with van der Waals surface area (Å²) in [6, 6.07) is 29.0. The van der Waals surface area contributed by atoms with Gasteiger partial charge in [0.2, 0.25) is 5.88 Å². The SMILES string of the molecule is CC(C)COc1ccc(C(=O)Oc2ccc3c(c2)OC(N)=C(C#N)C3c2ccc(OCc3ccc(Cl)cc3)cc2)cc1. The van der Waals surface area contributed by atoms with E-state index in [0.29, 0.717) is 52.5 Å². The van der Waals surface area contributed by atoms with E-state index in [1.807, 2.05) is 48.5 Å². The van der Waals surface area contributed by atoms with Crippen LogP contribution in [0.2, 0.25) is 5.02 Å². The molecule has 0 amide bonds. The van der Waals surface area contributed by atoms with E-state index in [9.17, 15) is 10.1 Å². The number of nitrogens with two attached hydrogens (primary N) is 1. The second kappa shape index (κ2) is 12.7. The fraction of sp³-hybridized carbons (Fsp3) is 0.176. The molecule has 0 aromatic heterocycles. The Morgan fingerprint density at radius 1 is 0.929 bits per heavy atom. The lowest BCUT2D eigenvalue weighted by Crippen LogP contribution is -2.21. The summed E-state index contributed by atoms with van der Waals surface area (Å²) in [5.41, 5.74) is 9.40. The van der Waals surface area contributed by atoms with Gasteiger partial charge in [-0.3, -0.25) is 0 Å². The van der Waals surface area contributed by atoms with Crippen LogP contribution in [0.3, 0.4) is 0 Å². The maximum Gasteiger partial charge on any atom is 0.343 e. The molecule has 42 heavy (non-hydrogen) atoms. The molecule has 0 bridgehead atoms. The molecule has 0 fully saturated rings. The maximum atomic E-state index is 12.8. The average Bonchev–Trinajstić information content (AvgIpc) is 2.99. The summed E-state index contributed by atoms with van der Waals surface area (Å²) in [5.74, 6) is 1.47. The van der Waals surface area contributed by atoms with Crippen molar-refractivity contribution in [1.82, 2.24) is 0 Å². The zero-order chi connectivity index (χ0) is 29.6. The molecule has 0 saturated heterocycles. The lowest BCUT2D eigenvalue weighted by atomic mass is 9.83. The van der Waals surface area contributed by atoms with Crippen LogP contribution in [0.25, 0.3) is 0 Å². The molecule has 1 atom stereocenters. The molecule has 212 valence electrons. The summed E-state index contributed by atoms with van der Waals surface area (Å²) < 4.78 is 23.0. The van der Waals surface area contributed by atoms with Gasteiger partial charge in [0.25, 0.3) is 0 Å². The van der Waals surface area contributed by atoms with Gasteiger partial charge in [-0.2, -0.15) is 5.26 Å². The van der Waals surface area contributed by atoms with Crippen molar-refractivity contribution in [2.24, 2.45) is 11.7 Å². The number of fused-ring (bicyclic) bond motifs is 1. The summed E-state index contributed by atoms with van der Waals surface area (Å²) in [6.45, 7) is 5.12. The first-order valence-corrected chi connectivity index (χ1v) is 13.8. The highest BCUT2D eigenvalue weighted by Crippen LogP contribution is 2.43. The lowest BCUT2D eigenvalue weighted by Gasteiger charge is -2.26. The number of nitrogens with zero attached hydrogens (tertiary/aromatic N) is 1. The molecule has 1 aliphatic heterocycles. The number of ether oxygens (including phenoxy) is 4. The number of esters is 1. The van der Waals surface area contributed by atoms with E-state index in [2.05, 4.69) is 19.9 Å². The van der Waals surface area contributed by atoms with Crippen molar-refractivity contribution in [3.05, 3.63) is 130 Å². The number of allylic oxidation sites excluding steroid dienone is 1. The Morgan fingerprint density at radius 2 is 1.57 bits per heavy atom. The van der Waals surface area contributed by atoms with Crippen LogP contribution in [0, 0.1) is 17.2 Å². The standard InChI is InChI=1S/C34H29ClN2O5/c1-21(2)19-39-26-13-7-24(8-14-26)34(38)41-28-15-16-29-31(17-28)42-33(37)30(18-36)32(29)23-5-11-27(12-6-23)40-20-22-3-9-25(35)10-4-22/h3-17,21,32H,19-20,37H2,1-2H3. The van der Waals surface area contributed by atoms with Crippen LogP contribution in [0.5, 0.6) is 23.0 Å². The summed E-state index contributed by atoms with van der Waals surface area (Å²) in [5, 5.41) is 10.6. The van der Waals surface area contributed by atoms with Crippen molar-refractivity contribution in [3.63, 3.8) is 0 Å². The molecule has 1 unspecified atom stereocenters. The second-order valence-electron chi connectivity index (χ2n) is 10.2. The van der Waals surface area contributed by atoms with Gasteiger partial charge in [0, 0.05) is 16.7 Å². The predicted octanol–water partition coefficient (Wildman–Crippen LogP) is 7.39. The Hall–Kier alpha value is -4.93. The number of halogens is 1. The van der Waals surface area contributed by atoms with Crippen LogP contribution >= 0.6 is 11.6 Å². The quantitative estimate of drug-likeness (QED) is 0.162. The number of hydrogen-bond acceptors (Lipinski definition) is 7. The van der Waals surface area contributed by atoms with Gasteiger partial charge in [-0.05, 0) is 71.6 Å². The van der Waals surface area contributed by atoms with Crippen LogP contribution < -0.4 is 24.7 Å². The van der Waals surface area contributed by atoms with Crippen LogP contribution in [0.15, 0.2) is 102 Å². The highest BCUT2D eigenvalue weighted by atomic mass is 35.5. The van der Waals surface area contributed by atoms with Crippen molar-refractivity contribution >= 4 is 17.6 Å². The van der Waals surface area contributed by atoms with Gasteiger partial charge < -0.3 is 24.7 Å². The van der Waals surface area contributed by atoms with Crippen molar-refractivity contribution in [2.45, 2.75) is 26.4 Å². The molecular weight excluding hydrogens is 552 g/mol. The van der Waals surface area contributed by atoms with E-state index in [0.717, 1.165) is 16.7 Å². The third-order valence-corrected chi connectivity index (χ3v) is 6.86. The molecule has 1 aliphatic rings. The Bertz CT molecular complexity index is 1640. The first-order valence-electron chi connectivity index (χ1n) is 13.4. The van der Waals surface area contributed by atoms with Crippen molar-refractivity contribution in [3.8, 4) is 29.1 Å². The Balaban J connectivity index is 1.31. The van der Waals surface area contributed by atoms with Gasteiger partial charge in [0.1, 0.15) is 41.2 Å². The topological polar surface area (TPSA) is 104 Å². The third-order valence-electron chi connectivity index (χ3n) is 6.61. The number of carbonyl (C=O) groups excluding carboxylic acids is 1. The average molecular weight is 581 g/mol. The van der Waals surface area contributed by atoms with Crippen LogP contribution in [-0.2, 0) is 6.61 Å². The van der Waals surface area contributed by atoms with Gasteiger partial charge in [-0.25, -0.2) is 4.79 Å². The highest BCUT2D eigenvalue weighted by molar-refractivity contribution is 6.30. The molecule has 4 aromatic rings. The van der Waals surface area contributed by atoms with Gasteiger partial charge in [0.15, 0.2) is 0 Å². The zero-order valence-electron chi connectivity index (χ0n) is 23.2. The molecule has 8 heteroatoms. The number of nitriles is 1. The Kier molecular flexibility index (Phi) is 8.66. The molecule has 7 nitrogen and oxygen atoms in total. The normalized spacial score (nSPS) is 14.0. The Labute approximate surface area is 249 Å². The first-order chi connectivity index (χ1) is 20.3. The minimum atomic E-state index is -0.520. The van der Waals surface area contributed by atoms with E-state index in [-0.39, 0.29) is 11.6 Å². The first kappa shape index (κ1) is 28.6. The van der Waals surface area contributed by atoms with Crippen LogP contribution in [0.4, 0.5) is 0 Å². The monoisotopic (exact) mass is 580 g/mol. The number of carbonyl (C=O) groups is 1. The fourth-order valence-corrected chi connectivity index (χ4v) is 4.59. The maximum absolute atomic E-state index is 12.8. The van der Waals surface area contributed by atoms with Gasteiger partial charge in [0.05, 0.1) is 18.1 Å². The molecule has 0 spiro atoms. The summed E-state index contributed by atoms with van der Waals surface area (Å²) in [7, 11) is 0.